The van der Waals surface area contributed by atoms with Crippen molar-refractivity contribution in [3.8, 4) is 0 Å². The van der Waals surface area contributed by atoms with Crippen molar-refractivity contribution in [3.63, 3.8) is 0 Å². The smallest absolute Gasteiger partial charge is 0.0919 e. The summed E-state index contributed by atoms with van der Waals surface area (Å²) < 4.78 is 4.15. The molecule has 2 N–H and O–H groups in total. The molecule has 0 radical (unpaired) electrons. The third kappa shape index (κ3) is 3.13. The van der Waals surface area contributed by atoms with E-state index in [1.807, 2.05) is 29.2 Å². The Bertz CT molecular complexity index is 509. The molecule has 0 saturated heterocycles. The minimum Gasteiger partial charge on any atom is -0.326 e. The van der Waals surface area contributed by atoms with Crippen LogP contribution in [0.2, 0.25) is 0 Å². The molecule has 2 rings (SSSR count). The van der Waals surface area contributed by atoms with Gasteiger partial charge in [-0.15, -0.1) is 0 Å². The Morgan fingerprint density at radius 1 is 1.39 bits per heavy atom. The van der Waals surface area contributed by atoms with Gasteiger partial charge in [-0.05, 0) is 46.7 Å². The quantitative estimate of drug-likeness (QED) is 0.769. The second kappa shape index (κ2) is 6.16. The Hall–Kier alpha value is -0.400. The van der Waals surface area contributed by atoms with Gasteiger partial charge in [-0.2, -0.15) is 5.10 Å². The van der Waals surface area contributed by atoms with Crippen molar-refractivity contribution in [2.75, 3.05) is 0 Å². The van der Waals surface area contributed by atoms with E-state index in [2.05, 4.69) is 62.7 Å². The molecule has 2 atom stereocenters. The minimum atomic E-state index is 0.0573. The third-order valence-corrected chi connectivity index (χ3v) is 4.03. The van der Waals surface area contributed by atoms with Crippen molar-refractivity contribution in [3.05, 3.63) is 50.3 Å². The van der Waals surface area contributed by atoms with E-state index in [1.165, 1.54) is 5.56 Å². The second-order valence-corrected chi connectivity index (χ2v) is 6.37. The molecule has 3 nitrogen and oxygen atoms in total. The summed E-state index contributed by atoms with van der Waals surface area (Å²) >= 11 is 5.72. The molecule has 2 unspecified atom stereocenters. The number of hydrogen-bond acceptors (Lipinski definition) is 2. The maximum Gasteiger partial charge on any atom is 0.0919 e. The fourth-order valence-corrected chi connectivity index (χ4v) is 2.62. The highest BCUT2D eigenvalue weighted by Crippen LogP contribution is 2.24. The number of nitrogens with two attached hydrogens (primary N) is 1. The van der Waals surface area contributed by atoms with Gasteiger partial charge in [-0.3, -0.25) is 4.68 Å². The Morgan fingerprint density at radius 2 is 2.06 bits per heavy atom. The maximum absolute atomic E-state index is 6.25. The van der Waals surface area contributed by atoms with Gasteiger partial charge >= 0.3 is 0 Å². The molecule has 2 aromatic rings. The average molecular weight is 420 g/mol. The summed E-state index contributed by atoms with van der Waals surface area (Å²) in [4.78, 5) is 0. The van der Waals surface area contributed by atoms with Crippen LogP contribution in [-0.2, 0) is 0 Å². The molecule has 1 aromatic heterocycles. The summed E-state index contributed by atoms with van der Waals surface area (Å²) in [5, 5.41) is 4.40. The molecule has 18 heavy (non-hydrogen) atoms. The first-order valence-electron chi connectivity index (χ1n) is 5.82. The van der Waals surface area contributed by atoms with E-state index in [0.717, 1.165) is 14.5 Å². The van der Waals surface area contributed by atoms with Crippen molar-refractivity contribution < 1.29 is 0 Å². The van der Waals surface area contributed by atoms with Crippen molar-refractivity contribution >= 4 is 38.5 Å². The van der Waals surface area contributed by atoms with Crippen LogP contribution in [0.4, 0.5) is 0 Å². The lowest BCUT2D eigenvalue weighted by Crippen LogP contribution is -2.32. The van der Waals surface area contributed by atoms with E-state index in [1.54, 1.807) is 0 Å². The molecule has 0 aliphatic rings. The molecule has 0 fully saturated rings. The van der Waals surface area contributed by atoms with E-state index >= 15 is 0 Å². The van der Waals surface area contributed by atoms with Crippen LogP contribution >= 0.6 is 38.5 Å². The van der Waals surface area contributed by atoms with Gasteiger partial charge in [0.05, 0.1) is 15.8 Å². The van der Waals surface area contributed by atoms with E-state index < -0.39 is 0 Å². The summed E-state index contributed by atoms with van der Waals surface area (Å²) in [5.74, 6) is 0. The summed E-state index contributed by atoms with van der Waals surface area (Å²) in [6, 6.07) is 8.42. The van der Waals surface area contributed by atoms with Crippen LogP contribution in [0.25, 0.3) is 0 Å². The van der Waals surface area contributed by atoms with Crippen LogP contribution in [0.3, 0.4) is 0 Å². The van der Waals surface area contributed by atoms with Crippen molar-refractivity contribution in [1.82, 2.24) is 9.78 Å². The lowest BCUT2D eigenvalue weighted by Gasteiger charge is -2.24. The third-order valence-electron chi connectivity index (χ3n) is 2.94. The first kappa shape index (κ1) is 14.0. The SMILES string of the molecule is CCC(N)C(c1ccc(Br)cc1)n1cc(I)cn1. The fraction of sp³-hybridized carbons (Fsp3) is 0.308. The maximum atomic E-state index is 6.25. The van der Waals surface area contributed by atoms with Gasteiger partial charge in [0.15, 0.2) is 0 Å². The minimum absolute atomic E-state index is 0.0573. The zero-order valence-electron chi connectivity index (χ0n) is 10.1. The van der Waals surface area contributed by atoms with Crippen LogP contribution in [0.15, 0.2) is 41.1 Å². The van der Waals surface area contributed by atoms with Crippen LogP contribution in [-0.4, -0.2) is 15.8 Å². The second-order valence-electron chi connectivity index (χ2n) is 4.21. The molecule has 0 saturated carbocycles. The molecule has 0 bridgehead atoms. The molecule has 0 aliphatic heterocycles. The topological polar surface area (TPSA) is 43.8 Å². The molecule has 0 spiro atoms. The van der Waals surface area contributed by atoms with Gasteiger partial charge in [0.25, 0.3) is 0 Å². The van der Waals surface area contributed by atoms with Crippen LogP contribution in [0.1, 0.15) is 24.9 Å². The highest BCUT2D eigenvalue weighted by Gasteiger charge is 2.21. The van der Waals surface area contributed by atoms with E-state index in [0.29, 0.717) is 0 Å². The monoisotopic (exact) mass is 419 g/mol. The Balaban J connectivity index is 2.39. The normalized spacial score (nSPS) is 14.4. The molecule has 0 aliphatic carbocycles. The summed E-state index contributed by atoms with van der Waals surface area (Å²) in [7, 11) is 0. The first-order valence-corrected chi connectivity index (χ1v) is 7.69. The lowest BCUT2D eigenvalue weighted by molar-refractivity contribution is 0.424. The van der Waals surface area contributed by atoms with E-state index in [-0.39, 0.29) is 12.1 Å². The number of rotatable bonds is 4. The first-order chi connectivity index (χ1) is 8.61. The Morgan fingerprint density at radius 3 is 2.56 bits per heavy atom. The molecule has 1 aromatic carbocycles. The molecular formula is C13H15BrIN3. The zero-order valence-corrected chi connectivity index (χ0v) is 13.8. The number of aromatic nitrogens is 2. The molecule has 0 amide bonds. The largest absolute Gasteiger partial charge is 0.326 e. The Labute approximate surface area is 129 Å². The van der Waals surface area contributed by atoms with Crippen LogP contribution in [0, 0.1) is 3.57 Å². The van der Waals surface area contributed by atoms with Crippen LogP contribution < -0.4 is 5.73 Å². The summed E-state index contributed by atoms with van der Waals surface area (Å²) in [5.41, 5.74) is 7.44. The average Bonchev–Trinajstić information content (AvgIpc) is 2.78. The Kier molecular flexibility index (Phi) is 4.80. The van der Waals surface area contributed by atoms with Crippen molar-refractivity contribution in [2.24, 2.45) is 5.73 Å². The van der Waals surface area contributed by atoms with Crippen molar-refractivity contribution in [2.45, 2.75) is 25.4 Å². The predicted molar refractivity (Wildman–Crippen MR) is 85.5 cm³/mol. The zero-order chi connectivity index (χ0) is 13.1. The van der Waals surface area contributed by atoms with E-state index in [9.17, 15) is 0 Å². The van der Waals surface area contributed by atoms with Gasteiger partial charge in [0.2, 0.25) is 0 Å². The highest BCUT2D eigenvalue weighted by atomic mass is 127. The molecular weight excluding hydrogens is 405 g/mol. The number of nitrogens with zero attached hydrogens (tertiary/aromatic N) is 2. The molecule has 5 heteroatoms. The van der Waals surface area contributed by atoms with Gasteiger partial charge in [0, 0.05) is 16.7 Å². The van der Waals surface area contributed by atoms with Gasteiger partial charge < -0.3 is 5.73 Å². The van der Waals surface area contributed by atoms with E-state index in [4.69, 9.17) is 5.73 Å². The van der Waals surface area contributed by atoms with Gasteiger partial charge in [0.1, 0.15) is 0 Å². The molecule has 1 heterocycles. The predicted octanol–water partition coefficient (Wildman–Crippen LogP) is 3.58. The summed E-state index contributed by atoms with van der Waals surface area (Å²) in [6.07, 6.45) is 4.80. The van der Waals surface area contributed by atoms with Crippen LogP contribution in [0.5, 0.6) is 0 Å². The fourth-order valence-electron chi connectivity index (χ4n) is 1.95. The molecule has 96 valence electrons. The van der Waals surface area contributed by atoms with Gasteiger partial charge in [-0.25, -0.2) is 0 Å². The number of benzene rings is 1. The number of halogens is 2. The number of hydrogen-bond donors (Lipinski definition) is 1. The standard InChI is InChI=1S/C13H15BrIN3/c1-2-12(16)13(18-8-11(15)7-17-18)9-3-5-10(14)6-4-9/h3-8,12-13H,2,16H2,1H3. The van der Waals surface area contributed by atoms with Gasteiger partial charge in [-0.1, -0.05) is 35.0 Å². The van der Waals surface area contributed by atoms with Crippen molar-refractivity contribution in [1.29, 1.82) is 0 Å². The lowest BCUT2D eigenvalue weighted by atomic mass is 9.98. The highest BCUT2D eigenvalue weighted by molar-refractivity contribution is 14.1. The summed E-state index contributed by atoms with van der Waals surface area (Å²) in [6.45, 7) is 2.10.